The summed E-state index contributed by atoms with van der Waals surface area (Å²) in [6.45, 7) is 6.15. The summed E-state index contributed by atoms with van der Waals surface area (Å²) in [5.74, 6) is 1.67. The number of ketones is 1. The zero-order valence-electron chi connectivity index (χ0n) is 9.18. The molecule has 1 fully saturated rings. The second kappa shape index (κ2) is 4.78. The normalized spacial score (nSPS) is 21.8. The molecular formula is C12H22O. The molecule has 0 amide bonds. The van der Waals surface area contributed by atoms with Crippen LogP contribution in [-0.4, -0.2) is 5.78 Å². The topological polar surface area (TPSA) is 17.1 Å². The molecule has 0 N–H and O–H groups in total. The van der Waals surface area contributed by atoms with Crippen LogP contribution in [0.15, 0.2) is 0 Å². The molecule has 13 heavy (non-hydrogen) atoms. The molecule has 0 radical (unpaired) electrons. The molecule has 1 heteroatoms. The van der Waals surface area contributed by atoms with Gasteiger partial charge in [-0.15, -0.1) is 0 Å². The summed E-state index contributed by atoms with van der Waals surface area (Å²) in [7, 11) is 0. The Morgan fingerprint density at radius 2 is 1.62 bits per heavy atom. The quantitative estimate of drug-likeness (QED) is 0.653. The van der Waals surface area contributed by atoms with Gasteiger partial charge >= 0.3 is 0 Å². The summed E-state index contributed by atoms with van der Waals surface area (Å²) in [6, 6.07) is 0. The fraction of sp³-hybridized carbons (Fsp3) is 0.917. The molecule has 1 aliphatic rings. The molecule has 1 rings (SSSR count). The Hall–Kier alpha value is -0.330. The lowest BCUT2D eigenvalue weighted by Crippen LogP contribution is -2.26. The van der Waals surface area contributed by atoms with Crippen molar-refractivity contribution in [3.05, 3.63) is 0 Å². The van der Waals surface area contributed by atoms with Gasteiger partial charge in [0, 0.05) is 11.8 Å². The lowest BCUT2D eigenvalue weighted by molar-refractivity contribution is -0.127. The first kappa shape index (κ1) is 10.7. The molecule has 0 unspecified atom stereocenters. The van der Waals surface area contributed by atoms with Crippen molar-refractivity contribution in [2.24, 2.45) is 17.8 Å². The van der Waals surface area contributed by atoms with Gasteiger partial charge in [-0.1, -0.05) is 40.0 Å². The SMILES string of the molecule is CC(C)C(=O)[C@@H](C)C1CCCCC1. The fourth-order valence-electron chi connectivity index (χ4n) is 2.39. The van der Waals surface area contributed by atoms with E-state index in [-0.39, 0.29) is 5.92 Å². The summed E-state index contributed by atoms with van der Waals surface area (Å²) < 4.78 is 0. The minimum Gasteiger partial charge on any atom is -0.299 e. The van der Waals surface area contributed by atoms with E-state index >= 15 is 0 Å². The van der Waals surface area contributed by atoms with E-state index in [4.69, 9.17) is 0 Å². The summed E-state index contributed by atoms with van der Waals surface area (Å²) in [4.78, 5) is 11.7. The third-order valence-electron chi connectivity index (χ3n) is 3.37. The summed E-state index contributed by atoms with van der Waals surface area (Å²) >= 11 is 0. The van der Waals surface area contributed by atoms with Gasteiger partial charge in [-0.2, -0.15) is 0 Å². The zero-order valence-corrected chi connectivity index (χ0v) is 9.18. The Balaban J connectivity index is 2.45. The van der Waals surface area contributed by atoms with Crippen LogP contribution >= 0.6 is 0 Å². The zero-order chi connectivity index (χ0) is 9.84. The monoisotopic (exact) mass is 182 g/mol. The van der Waals surface area contributed by atoms with Crippen LogP contribution in [0, 0.1) is 17.8 Å². The Morgan fingerprint density at radius 1 is 1.08 bits per heavy atom. The van der Waals surface area contributed by atoms with E-state index < -0.39 is 0 Å². The highest BCUT2D eigenvalue weighted by Crippen LogP contribution is 2.31. The van der Waals surface area contributed by atoms with E-state index in [1.807, 2.05) is 13.8 Å². The van der Waals surface area contributed by atoms with Crippen LogP contribution in [0.1, 0.15) is 52.9 Å². The maximum Gasteiger partial charge on any atom is 0.138 e. The number of hydrogen-bond acceptors (Lipinski definition) is 1. The highest BCUT2D eigenvalue weighted by atomic mass is 16.1. The van der Waals surface area contributed by atoms with Gasteiger partial charge in [-0.3, -0.25) is 4.79 Å². The maximum atomic E-state index is 11.7. The Bertz CT molecular complexity index is 166. The van der Waals surface area contributed by atoms with Crippen molar-refractivity contribution in [3.8, 4) is 0 Å². The molecule has 0 aromatic carbocycles. The fourth-order valence-corrected chi connectivity index (χ4v) is 2.39. The molecule has 0 aliphatic heterocycles. The predicted octanol–water partition coefficient (Wildman–Crippen LogP) is 3.43. The molecule has 1 saturated carbocycles. The van der Waals surface area contributed by atoms with Gasteiger partial charge < -0.3 is 0 Å². The van der Waals surface area contributed by atoms with Crippen molar-refractivity contribution >= 4 is 5.78 Å². The summed E-state index contributed by atoms with van der Waals surface area (Å²) in [5, 5.41) is 0. The van der Waals surface area contributed by atoms with Gasteiger partial charge in [0.1, 0.15) is 5.78 Å². The molecule has 0 aromatic heterocycles. The Labute approximate surface area is 81.9 Å². The van der Waals surface area contributed by atoms with E-state index in [0.717, 1.165) is 0 Å². The van der Waals surface area contributed by atoms with Gasteiger partial charge in [-0.25, -0.2) is 0 Å². The minimum absolute atomic E-state index is 0.219. The van der Waals surface area contributed by atoms with Crippen LogP contribution in [0.3, 0.4) is 0 Å². The third-order valence-corrected chi connectivity index (χ3v) is 3.37. The summed E-state index contributed by atoms with van der Waals surface area (Å²) in [5.41, 5.74) is 0. The van der Waals surface area contributed by atoms with Crippen LogP contribution in [0.4, 0.5) is 0 Å². The smallest absolute Gasteiger partial charge is 0.138 e. The standard InChI is InChI=1S/C12H22O/c1-9(2)12(13)10(3)11-7-5-4-6-8-11/h9-11H,4-8H2,1-3H3/t10-/m0/s1. The van der Waals surface area contributed by atoms with E-state index in [0.29, 0.717) is 17.6 Å². The van der Waals surface area contributed by atoms with Crippen molar-refractivity contribution in [1.82, 2.24) is 0 Å². The molecule has 0 saturated heterocycles. The second-order valence-electron chi connectivity index (χ2n) is 4.74. The van der Waals surface area contributed by atoms with Crippen molar-refractivity contribution in [1.29, 1.82) is 0 Å². The average Bonchev–Trinajstić information content (AvgIpc) is 2.17. The van der Waals surface area contributed by atoms with Crippen molar-refractivity contribution in [3.63, 3.8) is 0 Å². The van der Waals surface area contributed by atoms with Crippen LogP contribution < -0.4 is 0 Å². The number of hydrogen-bond donors (Lipinski definition) is 0. The lowest BCUT2D eigenvalue weighted by atomic mass is 9.77. The Morgan fingerprint density at radius 3 is 2.08 bits per heavy atom. The lowest BCUT2D eigenvalue weighted by Gasteiger charge is -2.27. The van der Waals surface area contributed by atoms with Gasteiger partial charge in [0.2, 0.25) is 0 Å². The molecule has 1 atom stereocenters. The number of carbonyl (C=O) groups excluding carboxylic acids is 1. The molecule has 76 valence electrons. The molecule has 0 heterocycles. The molecular weight excluding hydrogens is 160 g/mol. The summed E-state index contributed by atoms with van der Waals surface area (Å²) in [6.07, 6.45) is 6.60. The van der Waals surface area contributed by atoms with Crippen molar-refractivity contribution in [2.75, 3.05) is 0 Å². The third kappa shape index (κ3) is 2.82. The van der Waals surface area contributed by atoms with Gasteiger partial charge in [-0.05, 0) is 18.8 Å². The highest BCUT2D eigenvalue weighted by Gasteiger charge is 2.26. The van der Waals surface area contributed by atoms with Crippen LogP contribution in [-0.2, 0) is 4.79 Å². The van der Waals surface area contributed by atoms with Gasteiger partial charge in [0.15, 0.2) is 0 Å². The molecule has 1 aliphatic carbocycles. The largest absolute Gasteiger partial charge is 0.299 e. The number of Topliss-reactive ketones (excluding diaryl/α,β-unsaturated/α-hetero) is 1. The van der Waals surface area contributed by atoms with E-state index in [1.165, 1.54) is 32.1 Å². The molecule has 0 bridgehead atoms. The Kier molecular flexibility index (Phi) is 3.95. The van der Waals surface area contributed by atoms with E-state index in [1.54, 1.807) is 0 Å². The predicted molar refractivity (Wildman–Crippen MR) is 55.6 cm³/mol. The van der Waals surface area contributed by atoms with Gasteiger partial charge in [0.25, 0.3) is 0 Å². The first-order chi connectivity index (χ1) is 6.13. The first-order valence-corrected chi connectivity index (χ1v) is 5.66. The first-order valence-electron chi connectivity index (χ1n) is 5.66. The van der Waals surface area contributed by atoms with Crippen LogP contribution in [0.2, 0.25) is 0 Å². The molecule has 0 aromatic rings. The highest BCUT2D eigenvalue weighted by molar-refractivity contribution is 5.82. The number of carbonyl (C=O) groups is 1. The van der Waals surface area contributed by atoms with E-state index in [2.05, 4.69) is 6.92 Å². The maximum absolute atomic E-state index is 11.7. The van der Waals surface area contributed by atoms with Crippen LogP contribution in [0.5, 0.6) is 0 Å². The van der Waals surface area contributed by atoms with Crippen LogP contribution in [0.25, 0.3) is 0 Å². The van der Waals surface area contributed by atoms with Crippen molar-refractivity contribution < 1.29 is 4.79 Å². The second-order valence-corrected chi connectivity index (χ2v) is 4.74. The van der Waals surface area contributed by atoms with Crippen molar-refractivity contribution in [2.45, 2.75) is 52.9 Å². The molecule has 0 spiro atoms. The minimum atomic E-state index is 0.219. The van der Waals surface area contributed by atoms with E-state index in [9.17, 15) is 4.79 Å². The van der Waals surface area contributed by atoms with Gasteiger partial charge in [0.05, 0.1) is 0 Å². The molecule has 1 nitrogen and oxygen atoms in total. The number of rotatable bonds is 3. The average molecular weight is 182 g/mol.